The van der Waals surface area contributed by atoms with Crippen LogP contribution in [0.3, 0.4) is 0 Å². The van der Waals surface area contributed by atoms with Crippen LogP contribution in [0.1, 0.15) is 30.6 Å². The Hall–Kier alpha value is -2.41. The predicted molar refractivity (Wildman–Crippen MR) is 108 cm³/mol. The highest BCUT2D eigenvalue weighted by Gasteiger charge is 2.35. The maximum Gasteiger partial charge on any atom is 0.260 e. The van der Waals surface area contributed by atoms with Crippen LogP contribution in [0.5, 0.6) is 5.75 Å². The Bertz CT molecular complexity index is 983. The Morgan fingerprint density at radius 2 is 2.00 bits per heavy atom. The Morgan fingerprint density at radius 1 is 1.25 bits per heavy atom. The number of hydrogen-bond donors (Lipinski definition) is 0. The quantitative estimate of drug-likeness (QED) is 0.664. The van der Waals surface area contributed by atoms with Gasteiger partial charge in [0.1, 0.15) is 5.75 Å². The molecule has 1 fully saturated rings. The van der Waals surface area contributed by atoms with Gasteiger partial charge in [0.05, 0.1) is 17.1 Å². The first-order chi connectivity index (χ1) is 13.3. The molecule has 0 saturated carbocycles. The van der Waals surface area contributed by atoms with Crippen molar-refractivity contribution in [3.05, 3.63) is 42.0 Å². The van der Waals surface area contributed by atoms with Crippen LogP contribution in [0.15, 0.2) is 36.4 Å². The van der Waals surface area contributed by atoms with Crippen molar-refractivity contribution in [2.75, 3.05) is 24.7 Å². The zero-order chi connectivity index (χ0) is 20.3. The molecule has 0 N–H and O–H groups in total. The van der Waals surface area contributed by atoms with Crippen molar-refractivity contribution in [1.29, 1.82) is 0 Å². The fraction of sp³-hybridized carbons (Fsp3) is 0.429. The maximum atomic E-state index is 12.8. The molecule has 1 aliphatic rings. The molecule has 7 heteroatoms. The van der Waals surface area contributed by atoms with Crippen LogP contribution >= 0.6 is 0 Å². The monoisotopic (exact) mass is 403 g/mol. The zero-order valence-corrected chi connectivity index (χ0v) is 16.9. The van der Waals surface area contributed by atoms with E-state index in [1.54, 1.807) is 11.0 Å². The van der Waals surface area contributed by atoms with Gasteiger partial charge in [0.2, 0.25) is 0 Å². The minimum Gasteiger partial charge on any atom is -0.483 e. The van der Waals surface area contributed by atoms with E-state index in [1.165, 1.54) is 0 Å². The second-order valence-electron chi connectivity index (χ2n) is 7.60. The summed E-state index contributed by atoms with van der Waals surface area (Å²) in [7, 11) is -3.09. The van der Waals surface area contributed by atoms with Gasteiger partial charge in [-0.2, -0.15) is 0 Å². The third-order valence-electron chi connectivity index (χ3n) is 4.93. The average Bonchev–Trinajstić information content (AvgIpc) is 3.02. The fourth-order valence-corrected chi connectivity index (χ4v) is 5.35. The van der Waals surface area contributed by atoms with Gasteiger partial charge < -0.3 is 9.64 Å². The molecule has 0 spiro atoms. The van der Waals surface area contributed by atoms with Gasteiger partial charge in [0.25, 0.3) is 5.91 Å². The highest BCUT2D eigenvalue weighted by Crippen LogP contribution is 2.27. The lowest BCUT2D eigenvalue weighted by atomic mass is 10.0. The van der Waals surface area contributed by atoms with E-state index in [-0.39, 0.29) is 36.0 Å². The summed E-state index contributed by atoms with van der Waals surface area (Å²) >= 11 is 0. The molecular formula is C21H25NO5S. The minimum atomic E-state index is -3.09. The topological polar surface area (TPSA) is 80.8 Å². The van der Waals surface area contributed by atoms with Gasteiger partial charge in [-0.1, -0.05) is 44.2 Å². The SMILES string of the molecule is CC(C)CN(C(=O)COc1ccc2ccccc2c1C=O)[C@@H]1CCS(=O)(=O)C1. The van der Waals surface area contributed by atoms with Crippen molar-refractivity contribution in [2.45, 2.75) is 26.3 Å². The van der Waals surface area contributed by atoms with E-state index in [0.717, 1.165) is 17.1 Å². The van der Waals surface area contributed by atoms with E-state index in [9.17, 15) is 18.0 Å². The molecule has 1 saturated heterocycles. The van der Waals surface area contributed by atoms with E-state index >= 15 is 0 Å². The number of carbonyl (C=O) groups excluding carboxylic acids is 2. The molecule has 0 radical (unpaired) electrons. The molecule has 2 aromatic carbocycles. The molecule has 1 atom stereocenters. The fourth-order valence-electron chi connectivity index (χ4n) is 3.61. The molecule has 1 aliphatic heterocycles. The highest BCUT2D eigenvalue weighted by atomic mass is 32.2. The van der Waals surface area contributed by atoms with Gasteiger partial charge in [-0.25, -0.2) is 8.42 Å². The standard InChI is InChI=1S/C21H25NO5S/c1-15(2)11-22(17-9-10-28(25,26)14-17)21(24)13-27-20-8-7-16-5-3-4-6-18(16)19(20)12-23/h3-8,12,15,17H,9-11,13-14H2,1-2H3/t17-/m1/s1. The highest BCUT2D eigenvalue weighted by molar-refractivity contribution is 7.91. The van der Waals surface area contributed by atoms with Crippen molar-refractivity contribution in [1.82, 2.24) is 4.90 Å². The molecule has 0 aliphatic carbocycles. The summed E-state index contributed by atoms with van der Waals surface area (Å²) in [4.78, 5) is 26.1. The Kier molecular flexibility index (Phi) is 6.03. The first-order valence-electron chi connectivity index (χ1n) is 9.40. The van der Waals surface area contributed by atoms with Gasteiger partial charge in [0, 0.05) is 12.6 Å². The zero-order valence-electron chi connectivity index (χ0n) is 16.1. The largest absolute Gasteiger partial charge is 0.483 e. The Morgan fingerprint density at radius 3 is 2.64 bits per heavy atom. The number of amides is 1. The van der Waals surface area contributed by atoms with Crippen molar-refractivity contribution >= 4 is 32.8 Å². The number of hydrogen-bond acceptors (Lipinski definition) is 5. The van der Waals surface area contributed by atoms with Gasteiger partial charge in [-0.3, -0.25) is 9.59 Å². The molecule has 1 heterocycles. The molecule has 3 rings (SSSR count). The lowest BCUT2D eigenvalue weighted by molar-refractivity contribution is -0.135. The normalized spacial score (nSPS) is 18.3. The number of sulfone groups is 1. The van der Waals surface area contributed by atoms with E-state index in [0.29, 0.717) is 24.3 Å². The van der Waals surface area contributed by atoms with Crippen molar-refractivity contribution in [3.8, 4) is 5.75 Å². The van der Waals surface area contributed by atoms with Crippen molar-refractivity contribution < 1.29 is 22.7 Å². The molecule has 150 valence electrons. The smallest absolute Gasteiger partial charge is 0.260 e. The minimum absolute atomic E-state index is 0.00101. The van der Waals surface area contributed by atoms with E-state index < -0.39 is 9.84 Å². The van der Waals surface area contributed by atoms with Crippen LogP contribution in [0, 0.1) is 5.92 Å². The number of aldehydes is 1. The van der Waals surface area contributed by atoms with E-state index in [1.807, 2.05) is 44.2 Å². The second kappa shape index (κ2) is 8.31. The first kappa shape index (κ1) is 20.3. The van der Waals surface area contributed by atoms with Gasteiger partial charge >= 0.3 is 0 Å². The average molecular weight is 404 g/mol. The summed E-state index contributed by atoms with van der Waals surface area (Å²) in [6.07, 6.45) is 1.19. The summed E-state index contributed by atoms with van der Waals surface area (Å²) in [5.74, 6) is 0.409. The molecule has 0 bridgehead atoms. The third kappa shape index (κ3) is 4.52. The third-order valence-corrected chi connectivity index (χ3v) is 6.68. The van der Waals surface area contributed by atoms with Crippen LogP contribution < -0.4 is 4.74 Å². The molecular weight excluding hydrogens is 378 g/mol. The number of fused-ring (bicyclic) bond motifs is 1. The van der Waals surface area contributed by atoms with Crippen molar-refractivity contribution in [3.63, 3.8) is 0 Å². The number of nitrogens with zero attached hydrogens (tertiary/aromatic N) is 1. The summed E-state index contributed by atoms with van der Waals surface area (Å²) < 4.78 is 29.4. The van der Waals surface area contributed by atoms with Crippen LogP contribution in [0.25, 0.3) is 10.8 Å². The number of benzene rings is 2. The number of carbonyl (C=O) groups is 2. The summed E-state index contributed by atoms with van der Waals surface area (Å²) in [5, 5.41) is 1.68. The predicted octanol–water partition coefficient (Wildman–Crippen LogP) is 2.70. The van der Waals surface area contributed by atoms with Crippen LogP contribution in [-0.2, 0) is 14.6 Å². The molecule has 0 aromatic heterocycles. The Balaban J connectivity index is 1.77. The maximum absolute atomic E-state index is 12.8. The lowest BCUT2D eigenvalue weighted by Gasteiger charge is -2.30. The first-order valence-corrected chi connectivity index (χ1v) is 11.2. The van der Waals surface area contributed by atoms with Crippen LogP contribution in [-0.4, -0.2) is 56.2 Å². The second-order valence-corrected chi connectivity index (χ2v) is 9.83. The molecule has 2 aromatic rings. The molecule has 1 amide bonds. The lowest BCUT2D eigenvalue weighted by Crippen LogP contribution is -2.45. The van der Waals surface area contributed by atoms with Crippen LogP contribution in [0.2, 0.25) is 0 Å². The summed E-state index contributed by atoms with van der Waals surface area (Å²) in [5.41, 5.74) is 0.407. The van der Waals surface area contributed by atoms with Gasteiger partial charge in [-0.05, 0) is 29.2 Å². The van der Waals surface area contributed by atoms with Crippen LogP contribution in [0.4, 0.5) is 0 Å². The molecule has 6 nitrogen and oxygen atoms in total. The number of ether oxygens (including phenoxy) is 1. The van der Waals surface area contributed by atoms with Crippen molar-refractivity contribution in [2.24, 2.45) is 5.92 Å². The summed E-state index contributed by atoms with van der Waals surface area (Å²) in [6, 6.07) is 10.7. The molecule has 28 heavy (non-hydrogen) atoms. The Labute approximate surface area is 165 Å². The number of rotatable bonds is 7. The van der Waals surface area contributed by atoms with E-state index in [2.05, 4.69) is 0 Å². The summed E-state index contributed by atoms with van der Waals surface area (Å²) in [6.45, 7) is 4.21. The van der Waals surface area contributed by atoms with Gasteiger partial charge in [0.15, 0.2) is 22.7 Å². The van der Waals surface area contributed by atoms with E-state index in [4.69, 9.17) is 4.74 Å². The molecule has 0 unspecified atom stereocenters. The van der Waals surface area contributed by atoms with Gasteiger partial charge in [-0.15, -0.1) is 0 Å².